The van der Waals surface area contributed by atoms with Gasteiger partial charge in [0.05, 0.1) is 11.3 Å². The van der Waals surface area contributed by atoms with Crippen molar-refractivity contribution < 1.29 is 22.8 Å². The average molecular weight is 361 g/mol. The Morgan fingerprint density at radius 2 is 1.96 bits per heavy atom. The second kappa shape index (κ2) is 6.62. The van der Waals surface area contributed by atoms with Gasteiger partial charge in [-0.05, 0) is 30.7 Å². The molecule has 8 heteroatoms. The second-order valence-corrected chi connectivity index (χ2v) is 5.76. The summed E-state index contributed by atoms with van der Waals surface area (Å²) in [6.45, 7) is 1.53. The maximum atomic E-state index is 12.9. The average Bonchev–Trinajstić information content (AvgIpc) is 2.60. The van der Waals surface area contributed by atoms with Gasteiger partial charge in [-0.1, -0.05) is 24.3 Å². The van der Waals surface area contributed by atoms with Crippen LogP contribution in [0.5, 0.6) is 0 Å². The normalized spacial score (nSPS) is 16.2. The first kappa shape index (κ1) is 17.7. The van der Waals surface area contributed by atoms with Crippen molar-refractivity contribution in [2.24, 2.45) is 4.99 Å². The molecule has 1 amide bonds. The number of hydrogen-bond acceptors (Lipinski definition) is 4. The van der Waals surface area contributed by atoms with Crippen molar-refractivity contribution in [1.82, 2.24) is 10.4 Å². The fourth-order valence-corrected chi connectivity index (χ4v) is 2.66. The number of aryl methyl sites for hydroxylation is 1. The number of hydrogen-bond donors (Lipinski definition) is 1. The van der Waals surface area contributed by atoms with Gasteiger partial charge in [0.1, 0.15) is 18.7 Å². The Labute approximate surface area is 147 Å². The summed E-state index contributed by atoms with van der Waals surface area (Å²) in [6.07, 6.45) is -2.66. The molecule has 134 valence electrons. The molecular formula is C18H14F3N3O2. The van der Waals surface area contributed by atoms with Crippen molar-refractivity contribution in [3.63, 3.8) is 0 Å². The fraction of sp³-hybridized carbons (Fsp3) is 0.167. The lowest BCUT2D eigenvalue weighted by Crippen LogP contribution is -2.45. The zero-order valence-corrected chi connectivity index (χ0v) is 13.6. The summed E-state index contributed by atoms with van der Waals surface area (Å²) in [5.74, 6) is -0.758. The first-order chi connectivity index (χ1) is 12.3. The number of rotatable bonds is 3. The van der Waals surface area contributed by atoms with E-state index in [1.165, 1.54) is 24.3 Å². The van der Waals surface area contributed by atoms with Crippen molar-refractivity contribution in [1.29, 1.82) is 0 Å². The Morgan fingerprint density at radius 3 is 2.65 bits per heavy atom. The number of aldehydes is 1. The van der Waals surface area contributed by atoms with Crippen LogP contribution in [0, 0.1) is 6.92 Å². The molecular weight excluding hydrogens is 347 g/mol. The van der Waals surface area contributed by atoms with Gasteiger partial charge >= 0.3 is 6.18 Å². The maximum Gasteiger partial charge on any atom is 0.416 e. The van der Waals surface area contributed by atoms with Crippen LogP contribution < -0.4 is 5.43 Å². The monoisotopic (exact) mass is 361 g/mol. The highest BCUT2D eigenvalue weighted by atomic mass is 19.4. The molecule has 0 fully saturated rings. The van der Waals surface area contributed by atoms with E-state index < -0.39 is 23.7 Å². The van der Waals surface area contributed by atoms with E-state index in [0.29, 0.717) is 23.1 Å². The number of nitrogens with zero attached hydrogens (tertiary/aromatic N) is 2. The molecule has 26 heavy (non-hydrogen) atoms. The van der Waals surface area contributed by atoms with Crippen molar-refractivity contribution in [2.75, 3.05) is 0 Å². The van der Waals surface area contributed by atoms with Crippen LogP contribution in [0.15, 0.2) is 47.5 Å². The van der Waals surface area contributed by atoms with Crippen molar-refractivity contribution >= 4 is 24.2 Å². The number of carbonyl (C=O) groups excluding carboxylic acids is 2. The fourth-order valence-electron chi connectivity index (χ4n) is 2.66. The van der Waals surface area contributed by atoms with E-state index in [2.05, 4.69) is 10.4 Å². The van der Waals surface area contributed by atoms with E-state index in [-0.39, 0.29) is 5.56 Å². The molecule has 1 aliphatic heterocycles. The van der Waals surface area contributed by atoms with Crippen LogP contribution in [0.25, 0.3) is 0 Å². The Kier molecular flexibility index (Phi) is 4.50. The molecule has 2 aromatic rings. The van der Waals surface area contributed by atoms with Gasteiger partial charge in [-0.3, -0.25) is 15.2 Å². The number of alkyl halides is 3. The molecule has 0 saturated carbocycles. The number of amides is 1. The summed E-state index contributed by atoms with van der Waals surface area (Å²) in [7, 11) is 0. The molecule has 2 aromatic carbocycles. The van der Waals surface area contributed by atoms with Gasteiger partial charge in [-0.15, -0.1) is 0 Å². The molecule has 1 atom stereocenters. The number of nitrogens with one attached hydrogen (secondary N) is 1. The number of para-hydroxylation sites is 1. The van der Waals surface area contributed by atoms with Crippen LogP contribution in [0.2, 0.25) is 0 Å². The highest BCUT2D eigenvalue weighted by molar-refractivity contribution is 5.96. The summed E-state index contributed by atoms with van der Waals surface area (Å²) in [5, 5.41) is 1.18. The number of halogens is 3. The molecule has 1 aliphatic rings. The summed E-state index contributed by atoms with van der Waals surface area (Å²) < 4.78 is 38.7. The van der Waals surface area contributed by atoms with E-state index in [0.717, 1.165) is 12.1 Å². The van der Waals surface area contributed by atoms with Crippen LogP contribution in [-0.4, -0.2) is 23.5 Å². The quantitative estimate of drug-likeness (QED) is 0.850. The molecule has 0 aliphatic carbocycles. The van der Waals surface area contributed by atoms with Gasteiger partial charge in [-0.2, -0.15) is 13.2 Å². The van der Waals surface area contributed by atoms with Gasteiger partial charge in [0, 0.05) is 11.1 Å². The molecule has 0 aromatic heterocycles. The second-order valence-electron chi connectivity index (χ2n) is 5.76. The van der Waals surface area contributed by atoms with Crippen LogP contribution in [-0.2, 0) is 11.0 Å². The zero-order valence-electron chi connectivity index (χ0n) is 13.6. The lowest BCUT2D eigenvalue weighted by molar-refractivity contribution is -0.137. The Hall–Kier alpha value is -3.16. The molecule has 1 heterocycles. The minimum Gasteiger partial charge on any atom is -0.301 e. The van der Waals surface area contributed by atoms with Crippen LogP contribution >= 0.6 is 0 Å². The van der Waals surface area contributed by atoms with Gasteiger partial charge in [0.25, 0.3) is 5.91 Å². The van der Waals surface area contributed by atoms with E-state index in [9.17, 15) is 22.8 Å². The highest BCUT2D eigenvalue weighted by Crippen LogP contribution is 2.32. The number of carbonyl (C=O) groups is 2. The topological polar surface area (TPSA) is 61.8 Å². The van der Waals surface area contributed by atoms with Crippen molar-refractivity contribution in [3.8, 4) is 0 Å². The minimum atomic E-state index is -4.56. The zero-order chi connectivity index (χ0) is 18.9. The predicted octanol–water partition coefficient (Wildman–Crippen LogP) is 3.57. The van der Waals surface area contributed by atoms with E-state index in [1.807, 2.05) is 0 Å². The third kappa shape index (κ3) is 3.30. The molecule has 3 rings (SSSR count). The lowest BCUT2D eigenvalue weighted by atomic mass is 10.0. The standard InChI is InChI=1S/C18H14F3N3O2/c1-11-6-7-12(18(19,20)21)8-14(11)17(26)23-24-10-22-15-5-3-2-4-13(15)16(24)9-25/h2-10,16H,1H3,(H,23,26). The molecule has 0 saturated heterocycles. The van der Waals surface area contributed by atoms with Crippen LogP contribution in [0.4, 0.5) is 18.9 Å². The van der Waals surface area contributed by atoms with Crippen molar-refractivity contribution in [2.45, 2.75) is 19.1 Å². The first-order valence-corrected chi connectivity index (χ1v) is 7.67. The molecule has 5 nitrogen and oxygen atoms in total. The third-order valence-corrected chi connectivity index (χ3v) is 4.05. The summed E-state index contributed by atoms with van der Waals surface area (Å²) in [4.78, 5) is 28.1. The Balaban J connectivity index is 1.88. The number of fused-ring (bicyclic) bond motifs is 1. The Morgan fingerprint density at radius 1 is 1.23 bits per heavy atom. The van der Waals surface area contributed by atoms with Gasteiger partial charge in [-0.25, -0.2) is 4.99 Å². The van der Waals surface area contributed by atoms with Gasteiger partial charge < -0.3 is 4.79 Å². The molecule has 1 unspecified atom stereocenters. The molecule has 0 bridgehead atoms. The third-order valence-electron chi connectivity index (χ3n) is 4.05. The van der Waals surface area contributed by atoms with E-state index in [1.54, 1.807) is 24.3 Å². The largest absolute Gasteiger partial charge is 0.416 e. The minimum absolute atomic E-state index is 0.128. The van der Waals surface area contributed by atoms with Gasteiger partial charge in [0.2, 0.25) is 0 Å². The lowest BCUT2D eigenvalue weighted by Gasteiger charge is -2.30. The summed E-state index contributed by atoms with van der Waals surface area (Å²) in [6, 6.07) is 9.02. The number of hydrazine groups is 1. The van der Waals surface area contributed by atoms with E-state index in [4.69, 9.17) is 0 Å². The first-order valence-electron chi connectivity index (χ1n) is 7.67. The smallest absolute Gasteiger partial charge is 0.301 e. The van der Waals surface area contributed by atoms with Crippen LogP contribution in [0.1, 0.15) is 33.1 Å². The molecule has 1 N–H and O–H groups in total. The molecule has 0 radical (unpaired) electrons. The van der Waals surface area contributed by atoms with Crippen LogP contribution in [0.3, 0.4) is 0 Å². The number of aliphatic imine (C=N–C) groups is 1. The SMILES string of the molecule is Cc1ccc(C(F)(F)F)cc1C(=O)NN1C=Nc2ccccc2C1C=O. The summed E-state index contributed by atoms with van der Waals surface area (Å²) in [5.41, 5.74) is 2.96. The van der Waals surface area contributed by atoms with Gasteiger partial charge in [0.15, 0.2) is 0 Å². The Bertz CT molecular complexity index is 893. The number of benzene rings is 2. The van der Waals surface area contributed by atoms with Crippen molar-refractivity contribution in [3.05, 3.63) is 64.7 Å². The molecule has 0 spiro atoms. The van der Waals surface area contributed by atoms with E-state index >= 15 is 0 Å². The predicted molar refractivity (Wildman–Crippen MR) is 88.9 cm³/mol. The summed E-state index contributed by atoms with van der Waals surface area (Å²) >= 11 is 0. The highest BCUT2D eigenvalue weighted by Gasteiger charge is 2.32. The maximum absolute atomic E-state index is 12.9.